The fourth-order valence-corrected chi connectivity index (χ4v) is 3.10. The quantitative estimate of drug-likeness (QED) is 0.744. The Hall–Kier alpha value is -3.55. The van der Waals surface area contributed by atoms with Gasteiger partial charge in [-0.25, -0.2) is 4.99 Å². The van der Waals surface area contributed by atoms with Gasteiger partial charge >= 0.3 is 0 Å². The fourth-order valence-electron chi connectivity index (χ4n) is 3.10. The Morgan fingerprint density at radius 1 is 1.12 bits per heavy atom. The van der Waals surface area contributed by atoms with Gasteiger partial charge in [-0.15, -0.1) is 0 Å². The number of nitrogens with two attached hydrogens (primary N) is 1. The fraction of sp³-hybridized carbons (Fsp3) is 0.167. The number of fused-ring (bicyclic) bond motifs is 3. The first kappa shape index (κ1) is 15.9. The zero-order valence-electron chi connectivity index (χ0n) is 14.3. The molecule has 3 N–H and O–H groups in total. The predicted octanol–water partition coefficient (Wildman–Crippen LogP) is 1.70. The van der Waals surface area contributed by atoms with Gasteiger partial charge in [0.2, 0.25) is 5.95 Å². The van der Waals surface area contributed by atoms with Crippen molar-refractivity contribution in [3.8, 4) is 11.5 Å². The number of ether oxygens (including phenoxy) is 2. The molecule has 1 aromatic heterocycles. The lowest BCUT2D eigenvalue weighted by Crippen LogP contribution is -2.34. The number of rotatable bonds is 3. The third kappa shape index (κ3) is 2.43. The van der Waals surface area contributed by atoms with Crippen LogP contribution in [0.3, 0.4) is 0 Å². The zero-order valence-corrected chi connectivity index (χ0v) is 14.3. The Morgan fingerprint density at radius 3 is 2.65 bits per heavy atom. The molecular formula is C18H17N5O3. The predicted molar refractivity (Wildman–Crippen MR) is 98.9 cm³/mol. The molecule has 2 aromatic carbocycles. The molecule has 26 heavy (non-hydrogen) atoms. The Bertz CT molecular complexity index is 1090. The van der Waals surface area contributed by atoms with E-state index >= 15 is 0 Å². The van der Waals surface area contributed by atoms with Gasteiger partial charge in [0.1, 0.15) is 0 Å². The maximum atomic E-state index is 12.3. The summed E-state index contributed by atoms with van der Waals surface area (Å²) < 4.78 is 12.5. The second-order valence-corrected chi connectivity index (χ2v) is 5.76. The van der Waals surface area contributed by atoms with Gasteiger partial charge < -0.3 is 15.2 Å². The van der Waals surface area contributed by atoms with Crippen LogP contribution in [0.2, 0.25) is 0 Å². The zero-order chi connectivity index (χ0) is 18.3. The average Bonchev–Trinajstić information content (AvgIpc) is 2.66. The lowest BCUT2D eigenvalue weighted by atomic mass is 10.1. The monoisotopic (exact) mass is 351 g/mol. The van der Waals surface area contributed by atoms with E-state index in [2.05, 4.69) is 15.3 Å². The highest BCUT2D eigenvalue weighted by Crippen LogP contribution is 2.35. The number of nitrogens with zero attached hydrogens (tertiary/aromatic N) is 3. The molecule has 1 aliphatic heterocycles. The van der Waals surface area contributed by atoms with Gasteiger partial charge in [0.15, 0.2) is 23.6 Å². The highest BCUT2D eigenvalue weighted by atomic mass is 16.5. The van der Waals surface area contributed by atoms with Crippen molar-refractivity contribution in [3.05, 3.63) is 58.4 Å². The number of methoxy groups -OCH3 is 2. The summed E-state index contributed by atoms with van der Waals surface area (Å²) >= 11 is 0. The van der Waals surface area contributed by atoms with Crippen molar-refractivity contribution in [2.45, 2.75) is 6.17 Å². The first-order valence-electron chi connectivity index (χ1n) is 7.96. The molecule has 0 spiro atoms. The lowest BCUT2D eigenvalue weighted by Gasteiger charge is -2.27. The van der Waals surface area contributed by atoms with Crippen molar-refractivity contribution >= 4 is 22.8 Å². The number of aliphatic imine (C=N–C) groups is 1. The normalized spacial score (nSPS) is 15.8. The highest BCUT2D eigenvalue weighted by Gasteiger charge is 2.25. The van der Waals surface area contributed by atoms with E-state index in [-0.39, 0.29) is 11.5 Å². The molecule has 1 atom stereocenters. The van der Waals surface area contributed by atoms with E-state index in [1.807, 2.05) is 28.8 Å². The number of benzene rings is 2. The van der Waals surface area contributed by atoms with Crippen LogP contribution < -0.4 is 26.1 Å². The lowest BCUT2D eigenvalue weighted by molar-refractivity contribution is 0.354. The summed E-state index contributed by atoms with van der Waals surface area (Å²) in [7, 11) is 3.15. The standard InChI is InChI=1S/C18H17N5O3/c1-25-13-8-7-10(9-14(13)26-2)15-20-17(19)22-18-21-16(24)11-5-3-4-6-12(11)23(15)18/h3-9,15H,1-2H3,(H3,19,20,21,22,24)/t15-/m1/s1. The largest absolute Gasteiger partial charge is 0.493 e. The highest BCUT2D eigenvalue weighted by molar-refractivity contribution is 5.93. The van der Waals surface area contributed by atoms with E-state index in [9.17, 15) is 4.79 Å². The summed E-state index contributed by atoms with van der Waals surface area (Å²) in [6.45, 7) is 0. The summed E-state index contributed by atoms with van der Waals surface area (Å²) in [4.78, 5) is 20.9. The van der Waals surface area contributed by atoms with Gasteiger partial charge in [0.05, 0.1) is 25.1 Å². The van der Waals surface area contributed by atoms with Crippen molar-refractivity contribution in [2.75, 3.05) is 19.5 Å². The number of hydrogen-bond donors (Lipinski definition) is 2. The first-order valence-corrected chi connectivity index (χ1v) is 7.96. The van der Waals surface area contributed by atoms with Crippen LogP contribution in [0.5, 0.6) is 11.5 Å². The minimum absolute atomic E-state index is 0.187. The second kappa shape index (κ2) is 6.07. The van der Waals surface area contributed by atoms with Crippen molar-refractivity contribution in [1.82, 2.24) is 9.55 Å². The molecule has 0 amide bonds. The number of aromatic nitrogens is 2. The molecule has 0 bridgehead atoms. The third-order valence-electron chi connectivity index (χ3n) is 4.28. The van der Waals surface area contributed by atoms with Crippen LogP contribution >= 0.6 is 0 Å². The molecule has 0 fully saturated rings. The summed E-state index contributed by atoms with van der Waals surface area (Å²) in [5.74, 6) is 1.73. The van der Waals surface area contributed by atoms with E-state index < -0.39 is 6.17 Å². The first-order chi connectivity index (χ1) is 12.6. The molecule has 0 saturated heterocycles. The topological polar surface area (TPSA) is 104 Å². The molecule has 4 rings (SSSR count). The third-order valence-corrected chi connectivity index (χ3v) is 4.28. The van der Waals surface area contributed by atoms with Gasteiger partial charge in [-0.1, -0.05) is 18.2 Å². The Morgan fingerprint density at radius 2 is 1.88 bits per heavy atom. The van der Waals surface area contributed by atoms with Gasteiger partial charge in [-0.3, -0.25) is 14.7 Å². The number of nitrogens with one attached hydrogen (secondary N) is 1. The van der Waals surface area contributed by atoms with Crippen LogP contribution in [-0.2, 0) is 0 Å². The summed E-state index contributed by atoms with van der Waals surface area (Å²) in [6.07, 6.45) is -0.496. The number of guanidine groups is 1. The molecule has 2 heterocycles. The molecular weight excluding hydrogens is 334 g/mol. The molecule has 8 heteroatoms. The van der Waals surface area contributed by atoms with Gasteiger partial charge in [0, 0.05) is 5.56 Å². The average molecular weight is 351 g/mol. The van der Waals surface area contributed by atoms with Crippen LogP contribution in [0.4, 0.5) is 5.95 Å². The Labute approximate surface area is 148 Å². The summed E-state index contributed by atoms with van der Waals surface area (Å²) in [6, 6.07) is 12.8. The number of hydrogen-bond acceptors (Lipinski definition) is 7. The van der Waals surface area contributed by atoms with Crippen molar-refractivity contribution in [1.29, 1.82) is 0 Å². The van der Waals surface area contributed by atoms with Crippen LogP contribution in [0.1, 0.15) is 11.7 Å². The Kier molecular flexibility index (Phi) is 3.72. The number of anilines is 1. The molecule has 0 unspecified atom stereocenters. The van der Waals surface area contributed by atoms with Crippen LogP contribution in [0, 0.1) is 0 Å². The van der Waals surface area contributed by atoms with Crippen LogP contribution in [0.25, 0.3) is 10.9 Å². The molecule has 1 aliphatic rings. The van der Waals surface area contributed by atoms with E-state index in [1.54, 1.807) is 32.4 Å². The molecule has 0 saturated carbocycles. The van der Waals surface area contributed by atoms with Crippen molar-refractivity contribution in [3.63, 3.8) is 0 Å². The minimum Gasteiger partial charge on any atom is -0.493 e. The SMILES string of the molecule is COc1ccc([C@@H]2N=C(N)Nc3nc(=O)c4ccccc4n32)cc1OC. The van der Waals surface area contributed by atoms with E-state index in [4.69, 9.17) is 15.2 Å². The molecule has 0 aliphatic carbocycles. The number of para-hydroxylation sites is 1. The molecule has 3 aromatic rings. The minimum atomic E-state index is -0.496. The smallest absolute Gasteiger partial charge is 0.282 e. The van der Waals surface area contributed by atoms with Gasteiger partial charge in [0.25, 0.3) is 5.56 Å². The molecule has 8 nitrogen and oxygen atoms in total. The van der Waals surface area contributed by atoms with E-state index in [1.165, 1.54) is 0 Å². The maximum absolute atomic E-state index is 12.3. The van der Waals surface area contributed by atoms with E-state index in [0.717, 1.165) is 5.56 Å². The van der Waals surface area contributed by atoms with Gasteiger partial charge in [-0.2, -0.15) is 4.98 Å². The van der Waals surface area contributed by atoms with Crippen LogP contribution in [0.15, 0.2) is 52.3 Å². The van der Waals surface area contributed by atoms with Gasteiger partial charge in [-0.05, 0) is 24.3 Å². The van der Waals surface area contributed by atoms with Crippen molar-refractivity contribution < 1.29 is 9.47 Å². The van der Waals surface area contributed by atoms with E-state index in [0.29, 0.717) is 28.4 Å². The maximum Gasteiger partial charge on any atom is 0.282 e. The Balaban J connectivity index is 1.98. The molecule has 0 radical (unpaired) electrons. The summed E-state index contributed by atoms with van der Waals surface area (Å²) in [5, 5.41) is 3.38. The second-order valence-electron chi connectivity index (χ2n) is 5.76. The van der Waals surface area contributed by atoms with Crippen molar-refractivity contribution in [2.24, 2.45) is 10.7 Å². The van der Waals surface area contributed by atoms with Crippen LogP contribution in [-0.4, -0.2) is 29.7 Å². The molecule has 132 valence electrons. The summed E-state index contributed by atoms with van der Waals surface area (Å²) in [5.41, 5.74) is 7.14.